The van der Waals surface area contributed by atoms with Gasteiger partial charge in [-0.2, -0.15) is 0 Å². The summed E-state index contributed by atoms with van der Waals surface area (Å²) in [7, 11) is 1.96. The predicted octanol–water partition coefficient (Wildman–Crippen LogP) is 5.29. The van der Waals surface area contributed by atoms with Crippen molar-refractivity contribution >= 4 is 23.5 Å². The maximum atomic E-state index is 12.8. The largest absolute Gasteiger partial charge is 0.507 e. The Morgan fingerprint density at radius 3 is 2.59 bits per heavy atom. The lowest BCUT2D eigenvalue weighted by atomic mass is 10.0. The van der Waals surface area contributed by atoms with E-state index in [1.54, 1.807) is 30.3 Å². The molecule has 146 valence electrons. The highest BCUT2D eigenvalue weighted by atomic mass is 35.5. The first-order chi connectivity index (χ1) is 14.0. The quantitative estimate of drug-likeness (QED) is 0.585. The Bertz CT molecular complexity index is 1090. The number of carbonyl (C=O) groups excluding carboxylic acids is 1. The van der Waals surface area contributed by atoms with Gasteiger partial charge in [0.05, 0.1) is 11.1 Å². The van der Waals surface area contributed by atoms with Crippen molar-refractivity contribution in [1.82, 2.24) is 4.90 Å². The number of nitrogens with zero attached hydrogens (tertiary/aromatic N) is 1. The lowest BCUT2D eigenvalue weighted by Crippen LogP contribution is -2.17. The van der Waals surface area contributed by atoms with Crippen LogP contribution in [0, 0.1) is 0 Å². The van der Waals surface area contributed by atoms with Gasteiger partial charge in [-0.3, -0.25) is 9.69 Å². The van der Waals surface area contributed by atoms with Crippen LogP contribution in [0.4, 0.5) is 0 Å². The van der Waals surface area contributed by atoms with Gasteiger partial charge < -0.3 is 9.84 Å². The zero-order valence-corrected chi connectivity index (χ0v) is 16.7. The van der Waals surface area contributed by atoms with E-state index in [1.165, 1.54) is 5.56 Å². The molecule has 0 saturated heterocycles. The van der Waals surface area contributed by atoms with Crippen LogP contribution in [-0.2, 0) is 13.1 Å². The molecule has 0 aromatic heterocycles. The number of aromatic hydroxyl groups is 1. The smallest absolute Gasteiger partial charge is 0.231 e. The van der Waals surface area contributed by atoms with Crippen LogP contribution in [0.1, 0.15) is 27.0 Å². The molecule has 0 atom stereocenters. The monoisotopic (exact) mass is 405 g/mol. The van der Waals surface area contributed by atoms with E-state index in [4.69, 9.17) is 16.3 Å². The number of carbonyl (C=O) groups is 1. The molecule has 1 aliphatic heterocycles. The van der Waals surface area contributed by atoms with Gasteiger partial charge in [0.2, 0.25) is 5.78 Å². The molecule has 0 aliphatic carbocycles. The number of phenolic OH excluding ortho intramolecular Hbond substituents is 1. The van der Waals surface area contributed by atoms with Gasteiger partial charge in [0, 0.05) is 18.1 Å². The summed E-state index contributed by atoms with van der Waals surface area (Å²) in [6.45, 7) is 1.16. The number of hydrogen-bond donors (Lipinski definition) is 1. The molecule has 1 heterocycles. The van der Waals surface area contributed by atoms with Crippen LogP contribution in [0.3, 0.4) is 0 Å². The summed E-state index contributed by atoms with van der Waals surface area (Å²) in [5.41, 5.74) is 3.00. The van der Waals surface area contributed by atoms with Gasteiger partial charge in [-0.1, -0.05) is 54.1 Å². The third-order valence-electron chi connectivity index (χ3n) is 4.79. The number of benzene rings is 3. The highest BCUT2D eigenvalue weighted by molar-refractivity contribution is 6.30. The molecule has 29 heavy (non-hydrogen) atoms. The van der Waals surface area contributed by atoms with Crippen molar-refractivity contribution in [1.29, 1.82) is 0 Å². The van der Waals surface area contributed by atoms with E-state index < -0.39 is 0 Å². The van der Waals surface area contributed by atoms with E-state index in [0.29, 0.717) is 35.0 Å². The molecular weight excluding hydrogens is 386 g/mol. The third kappa shape index (κ3) is 4.19. The van der Waals surface area contributed by atoms with E-state index in [1.807, 2.05) is 37.4 Å². The average Bonchev–Trinajstić information content (AvgIpc) is 3.01. The van der Waals surface area contributed by atoms with Gasteiger partial charge in [-0.05, 0) is 48.5 Å². The van der Waals surface area contributed by atoms with Crippen LogP contribution in [0.5, 0.6) is 11.5 Å². The SMILES string of the molecule is CN(Cc1ccccc1)Cc1c(O)ccc2c1O/C(=C\c1cccc(Cl)c1)C2=O. The molecule has 5 heteroatoms. The molecule has 0 amide bonds. The molecule has 4 nitrogen and oxygen atoms in total. The minimum atomic E-state index is -0.202. The second kappa shape index (κ2) is 8.11. The second-order valence-electron chi connectivity index (χ2n) is 7.09. The molecule has 0 spiro atoms. The number of halogens is 1. The zero-order valence-electron chi connectivity index (χ0n) is 15.9. The fraction of sp³-hybridized carbons (Fsp3) is 0.125. The topological polar surface area (TPSA) is 49.8 Å². The van der Waals surface area contributed by atoms with Crippen molar-refractivity contribution in [3.63, 3.8) is 0 Å². The number of rotatable bonds is 5. The first kappa shape index (κ1) is 19.2. The summed E-state index contributed by atoms with van der Waals surface area (Å²) in [5.74, 6) is 0.551. The Hall–Kier alpha value is -3.08. The highest BCUT2D eigenvalue weighted by Gasteiger charge is 2.31. The summed E-state index contributed by atoms with van der Waals surface area (Å²) < 4.78 is 5.91. The van der Waals surface area contributed by atoms with Crippen LogP contribution in [0.25, 0.3) is 6.08 Å². The van der Waals surface area contributed by atoms with E-state index in [-0.39, 0.29) is 17.3 Å². The second-order valence-corrected chi connectivity index (χ2v) is 7.53. The molecule has 3 aromatic rings. The Morgan fingerprint density at radius 2 is 1.83 bits per heavy atom. The van der Waals surface area contributed by atoms with Crippen molar-refractivity contribution in [3.8, 4) is 11.5 Å². The van der Waals surface area contributed by atoms with E-state index in [9.17, 15) is 9.90 Å². The van der Waals surface area contributed by atoms with E-state index in [2.05, 4.69) is 17.0 Å². The molecule has 0 unspecified atom stereocenters. The summed E-state index contributed by atoms with van der Waals surface area (Å²) in [6, 6.07) is 20.4. The van der Waals surface area contributed by atoms with Gasteiger partial charge in [0.15, 0.2) is 5.76 Å². The number of hydrogen-bond acceptors (Lipinski definition) is 4. The van der Waals surface area contributed by atoms with Gasteiger partial charge in [0.25, 0.3) is 0 Å². The minimum absolute atomic E-state index is 0.112. The molecule has 3 aromatic carbocycles. The molecule has 1 N–H and O–H groups in total. The van der Waals surface area contributed by atoms with Crippen molar-refractivity contribution in [3.05, 3.63) is 99.8 Å². The third-order valence-corrected chi connectivity index (χ3v) is 5.02. The van der Waals surface area contributed by atoms with E-state index >= 15 is 0 Å². The van der Waals surface area contributed by atoms with Crippen molar-refractivity contribution in [2.75, 3.05) is 7.05 Å². The molecule has 0 saturated carbocycles. The molecule has 4 rings (SSSR count). The number of allylic oxidation sites excluding steroid dienone is 1. The molecule has 1 aliphatic rings. The standard InChI is InChI=1S/C24H20ClNO3/c1-26(14-16-6-3-2-4-7-16)15-20-21(27)11-10-19-23(28)22(29-24(19)20)13-17-8-5-9-18(25)12-17/h2-13,27H,14-15H2,1H3/b22-13-. The first-order valence-electron chi connectivity index (χ1n) is 9.28. The number of Topliss-reactive ketones (excluding diaryl/α,β-unsaturated/α-hetero) is 1. The lowest BCUT2D eigenvalue weighted by Gasteiger charge is -2.19. The number of ether oxygens (including phenoxy) is 1. The van der Waals surface area contributed by atoms with Gasteiger partial charge in [-0.25, -0.2) is 0 Å². The zero-order chi connectivity index (χ0) is 20.4. The Morgan fingerprint density at radius 1 is 1.03 bits per heavy atom. The lowest BCUT2D eigenvalue weighted by molar-refractivity contribution is 0.101. The summed E-state index contributed by atoms with van der Waals surface area (Å²) in [4.78, 5) is 14.9. The fourth-order valence-corrected chi connectivity index (χ4v) is 3.62. The Balaban J connectivity index is 1.61. The summed E-state index contributed by atoms with van der Waals surface area (Å²) in [6.07, 6.45) is 1.67. The van der Waals surface area contributed by atoms with Crippen molar-refractivity contribution in [2.24, 2.45) is 0 Å². The van der Waals surface area contributed by atoms with E-state index in [0.717, 1.165) is 5.56 Å². The van der Waals surface area contributed by atoms with Gasteiger partial charge >= 0.3 is 0 Å². The van der Waals surface area contributed by atoms with Crippen LogP contribution in [0.2, 0.25) is 5.02 Å². The molecule has 0 radical (unpaired) electrons. The summed E-state index contributed by atoms with van der Waals surface area (Å²) >= 11 is 6.03. The average molecular weight is 406 g/mol. The number of fused-ring (bicyclic) bond motifs is 1. The highest BCUT2D eigenvalue weighted by Crippen LogP contribution is 2.40. The maximum absolute atomic E-state index is 12.8. The molecule has 0 fully saturated rings. The van der Waals surface area contributed by atoms with Crippen LogP contribution in [0.15, 0.2) is 72.5 Å². The maximum Gasteiger partial charge on any atom is 0.231 e. The van der Waals surface area contributed by atoms with Crippen LogP contribution < -0.4 is 4.74 Å². The van der Waals surface area contributed by atoms with Crippen molar-refractivity contribution < 1.29 is 14.6 Å². The van der Waals surface area contributed by atoms with Crippen LogP contribution in [-0.4, -0.2) is 22.8 Å². The summed E-state index contributed by atoms with van der Waals surface area (Å²) in [5, 5.41) is 11.0. The first-order valence-corrected chi connectivity index (χ1v) is 9.66. The molecule has 0 bridgehead atoms. The molecular formula is C24H20ClNO3. The fourth-order valence-electron chi connectivity index (χ4n) is 3.42. The predicted molar refractivity (Wildman–Crippen MR) is 114 cm³/mol. The Labute approximate surface area is 174 Å². The van der Waals surface area contributed by atoms with Gasteiger partial charge in [0.1, 0.15) is 11.5 Å². The van der Waals surface area contributed by atoms with Crippen LogP contribution >= 0.6 is 11.6 Å². The van der Waals surface area contributed by atoms with Gasteiger partial charge in [-0.15, -0.1) is 0 Å². The van der Waals surface area contributed by atoms with Crippen molar-refractivity contribution in [2.45, 2.75) is 13.1 Å². The normalized spacial score (nSPS) is 14.3. The minimum Gasteiger partial charge on any atom is -0.507 e. The number of phenols is 1. The Kier molecular flexibility index (Phi) is 5.38. The number of ketones is 1.